The minimum absolute atomic E-state index is 0.0558. The molecule has 0 spiro atoms. The molecular weight excluding hydrogens is 258 g/mol. The number of carboxylic acids is 1. The molecule has 0 aliphatic rings. The summed E-state index contributed by atoms with van der Waals surface area (Å²) in [6, 6.07) is 10.4. The zero-order valence-corrected chi connectivity index (χ0v) is 10.6. The van der Waals surface area contributed by atoms with Crippen molar-refractivity contribution in [1.82, 2.24) is 14.8 Å². The molecule has 3 heterocycles. The molecule has 3 rings (SSSR count). The minimum atomic E-state index is -1.09. The highest BCUT2D eigenvalue weighted by molar-refractivity contribution is 5.86. The second-order valence-corrected chi connectivity index (χ2v) is 4.23. The normalized spacial score (nSPS) is 10.7. The van der Waals surface area contributed by atoms with Crippen LogP contribution in [0.15, 0.2) is 47.0 Å². The van der Waals surface area contributed by atoms with E-state index in [0.717, 1.165) is 5.76 Å². The van der Waals surface area contributed by atoms with Crippen LogP contribution in [-0.4, -0.2) is 25.8 Å². The summed E-state index contributed by atoms with van der Waals surface area (Å²) >= 11 is 0. The molecule has 1 N–H and O–H groups in total. The Morgan fingerprint density at radius 1 is 1.30 bits per heavy atom. The highest BCUT2D eigenvalue weighted by Gasteiger charge is 2.18. The maximum absolute atomic E-state index is 11.1. The Bertz CT molecular complexity index is 759. The lowest BCUT2D eigenvalue weighted by Gasteiger charge is -2.03. The predicted molar refractivity (Wildman–Crippen MR) is 70.8 cm³/mol. The zero-order chi connectivity index (χ0) is 14.1. The van der Waals surface area contributed by atoms with Gasteiger partial charge in [-0.1, -0.05) is 6.07 Å². The first kappa shape index (κ1) is 12.2. The van der Waals surface area contributed by atoms with Crippen LogP contribution in [0.5, 0.6) is 0 Å². The monoisotopic (exact) mass is 269 g/mol. The molecule has 0 saturated carbocycles. The number of carboxylic acid groups (broad SMARTS) is 1. The Hall–Kier alpha value is -2.89. The average Bonchev–Trinajstić information content (AvgIpc) is 3.05. The Labute approximate surface area is 114 Å². The molecule has 0 bridgehead atoms. The van der Waals surface area contributed by atoms with Gasteiger partial charge in [0.2, 0.25) is 0 Å². The van der Waals surface area contributed by atoms with E-state index in [0.29, 0.717) is 17.3 Å². The van der Waals surface area contributed by atoms with Crippen LogP contribution < -0.4 is 0 Å². The predicted octanol–water partition coefficient (Wildman–Crippen LogP) is 2.53. The molecule has 3 aromatic rings. The summed E-state index contributed by atoms with van der Waals surface area (Å²) in [5, 5.41) is 13.2. The van der Waals surface area contributed by atoms with Crippen molar-refractivity contribution in [3.63, 3.8) is 0 Å². The van der Waals surface area contributed by atoms with E-state index in [1.165, 1.54) is 10.7 Å². The van der Waals surface area contributed by atoms with Crippen LogP contribution in [0.1, 0.15) is 16.2 Å². The number of pyridine rings is 1. The summed E-state index contributed by atoms with van der Waals surface area (Å²) < 4.78 is 7.00. The zero-order valence-electron chi connectivity index (χ0n) is 10.6. The Morgan fingerprint density at radius 2 is 2.15 bits per heavy atom. The summed E-state index contributed by atoms with van der Waals surface area (Å²) in [5.41, 5.74) is 0.494. The van der Waals surface area contributed by atoms with Crippen LogP contribution in [-0.2, 0) is 0 Å². The van der Waals surface area contributed by atoms with Crippen LogP contribution >= 0.6 is 0 Å². The van der Waals surface area contributed by atoms with Gasteiger partial charge in [-0.2, -0.15) is 5.10 Å². The molecule has 0 atom stereocenters. The summed E-state index contributed by atoms with van der Waals surface area (Å²) in [5.74, 6) is 0.729. The van der Waals surface area contributed by atoms with Crippen LogP contribution in [0, 0.1) is 6.92 Å². The highest BCUT2D eigenvalue weighted by atomic mass is 16.4. The lowest BCUT2D eigenvalue weighted by Crippen LogP contribution is -2.03. The van der Waals surface area contributed by atoms with Crippen LogP contribution in [0.2, 0.25) is 0 Å². The SMILES string of the molecule is Cc1ccc(-c2cc(C(=O)O)nn2-c2ccccn2)o1. The molecule has 0 unspecified atom stereocenters. The second-order valence-electron chi connectivity index (χ2n) is 4.23. The molecule has 0 amide bonds. The number of nitrogens with zero attached hydrogens (tertiary/aromatic N) is 3. The molecule has 0 fully saturated rings. The van der Waals surface area contributed by atoms with Crippen molar-refractivity contribution >= 4 is 5.97 Å². The van der Waals surface area contributed by atoms with Gasteiger partial charge in [0.15, 0.2) is 17.3 Å². The van der Waals surface area contributed by atoms with E-state index >= 15 is 0 Å². The van der Waals surface area contributed by atoms with Crippen LogP contribution in [0.3, 0.4) is 0 Å². The van der Waals surface area contributed by atoms with Crippen molar-refractivity contribution in [3.05, 3.63) is 54.0 Å². The van der Waals surface area contributed by atoms with E-state index in [4.69, 9.17) is 9.52 Å². The molecule has 100 valence electrons. The number of rotatable bonds is 3. The third-order valence-electron chi connectivity index (χ3n) is 2.79. The smallest absolute Gasteiger partial charge is 0.356 e. The van der Waals surface area contributed by atoms with Gasteiger partial charge in [0.25, 0.3) is 0 Å². The molecule has 0 aliphatic heterocycles. The number of furan rings is 1. The lowest BCUT2D eigenvalue weighted by molar-refractivity contribution is 0.0690. The third-order valence-corrected chi connectivity index (χ3v) is 2.79. The van der Waals surface area contributed by atoms with E-state index in [1.807, 2.05) is 19.1 Å². The average molecular weight is 269 g/mol. The van der Waals surface area contributed by atoms with Crippen LogP contribution in [0.25, 0.3) is 17.3 Å². The molecule has 0 aliphatic carbocycles. The van der Waals surface area contributed by atoms with E-state index in [9.17, 15) is 4.79 Å². The quantitative estimate of drug-likeness (QED) is 0.790. The van der Waals surface area contributed by atoms with Gasteiger partial charge in [-0.25, -0.2) is 14.5 Å². The first-order chi connectivity index (χ1) is 9.65. The third kappa shape index (κ3) is 2.07. The fourth-order valence-electron chi connectivity index (χ4n) is 1.89. The minimum Gasteiger partial charge on any atom is -0.476 e. The number of carbonyl (C=O) groups is 1. The van der Waals surface area contributed by atoms with E-state index in [1.54, 1.807) is 24.4 Å². The number of aromatic nitrogens is 3. The van der Waals surface area contributed by atoms with E-state index in [2.05, 4.69) is 10.1 Å². The van der Waals surface area contributed by atoms with Gasteiger partial charge in [0, 0.05) is 12.3 Å². The van der Waals surface area contributed by atoms with E-state index < -0.39 is 5.97 Å². The fraction of sp³-hybridized carbons (Fsp3) is 0.0714. The number of hydrogen-bond donors (Lipinski definition) is 1. The van der Waals surface area contributed by atoms with Crippen LogP contribution in [0.4, 0.5) is 0 Å². The van der Waals surface area contributed by atoms with Gasteiger partial charge in [-0.3, -0.25) is 0 Å². The van der Waals surface area contributed by atoms with Gasteiger partial charge in [0.1, 0.15) is 11.5 Å². The van der Waals surface area contributed by atoms with Crippen molar-refractivity contribution in [2.45, 2.75) is 6.92 Å². The fourth-order valence-corrected chi connectivity index (χ4v) is 1.89. The molecule has 20 heavy (non-hydrogen) atoms. The summed E-state index contributed by atoms with van der Waals surface area (Å²) in [7, 11) is 0. The van der Waals surface area contributed by atoms with Crippen molar-refractivity contribution < 1.29 is 14.3 Å². The molecule has 0 radical (unpaired) electrons. The maximum atomic E-state index is 11.1. The highest BCUT2D eigenvalue weighted by Crippen LogP contribution is 2.25. The Kier molecular flexibility index (Phi) is 2.83. The molecule has 0 aromatic carbocycles. The second kappa shape index (κ2) is 4.65. The van der Waals surface area contributed by atoms with Crippen molar-refractivity contribution in [2.24, 2.45) is 0 Å². The number of aryl methyl sites for hydroxylation is 1. The van der Waals surface area contributed by atoms with Gasteiger partial charge >= 0.3 is 5.97 Å². The van der Waals surface area contributed by atoms with Gasteiger partial charge < -0.3 is 9.52 Å². The molecular formula is C14H11N3O3. The van der Waals surface area contributed by atoms with Crippen molar-refractivity contribution in [1.29, 1.82) is 0 Å². The topological polar surface area (TPSA) is 81.1 Å². The molecule has 3 aromatic heterocycles. The first-order valence-corrected chi connectivity index (χ1v) is 5.97. The van der Waals surface area contributed by atoms with Gasteiger partial charge in [-0.05, 0) is 31.2 Å². The van der Waals surface area contributed by atoms with E-state index in [-0.39, 0.29) is 5.69 Å². The number of aromatic carboxylic acids is 1. The Balaban J connectivity index is 2.20. The van der Waals surface area contributed by atoms with Gasteiger partial charge in [-0.15, -0.1) is 0 Å². The summed E-state index contributed by atoms with van der Waals surface area (Å²) in [4.78, 5) is 15.3. The first-order valence-electron chi connectivity index (χ1n) is 5.97. The van der Waals surface area contributed by atoms with Gasteiger partial charge in [0.05, 0.1) is 0 Å². The Morgan fingerprint density at radius 3 is 2.75 bits per heavy atom. The summed E-state index contributed by atoms with van der Waals surface area (Å²) in [6.07, 6.45) is 1.62. The number of hydrogen-bond acceptors (Lipinski definition) is 4. The largest absolute Gasteiger partial charge is 0.476 e. The molecule has 6 nitrogen and oxygen atoms in total. The van der Waals surface area contributed by atoms with Crippen molar-refractivity contribution in [3.8, 4) is 17.3 Å². The molecule has 6 heteroatoms. The molecule has 0 saturated heterocycles. The maximum Gasteiger partial charge on any atom is 0.356 e. The summed E-state index contributed by atoms with van der Waals surface area (Å²) in [6.45, 7) is 1.82. The standard InChI is InChI=1S/C14H11N3O3/c1-9-5-6-12(20-9)11-8-10(14(18)19)16-17(11)13-4-2-3-7-15-13/h2-8H,1H3,(H,18,19). The lowest BCUT2D eigenvalue weighted by atomic mass is 10.3. The van der Waals surface area contributed by atoms with Crippen molar-refractivity contribution in [2.75, 3.05) is 0 Å².